The van der Waals surface area contributed by atoms with Crippen molar-refractivity contribution in [2.75, 3.05) is 13.1 Å². The number of aromatic nitrogens is 1. The van der Waals surface area contributed by atoms with Crippen LogP contribution in [0.2, 0.25) is 0 Å². The van der Waals surface area contributed by atoms with E-state index in [1.807, 2.05) is 35.2 Å². The number of carbonyl (C=O) groups is 1. The first-order chi connectivity index (χ1) is 13.5. The van der Waals surface area contributed by atoms with Crippen LogP contribution in [0.3, 0.4) is 0 Å². The third kappa shape index (κ3) is 3.47. The van der Waals surface area contributed by atoms with Gasteiger partial charge in [-0.1, -0.05) is 24.3 Å². The molecule has 0 radical (unpaired) electrons. The number of benzene rings is 2. The molecule has 1 aliphatic rings. The highest BCUT2D eigenvalue weighted by molar-refractivity contribution is 5.83. The Morgan fingerprint density at radius 3 is 2.75 bits per heavy atom. The average Bonchev–Trinajstić information content (AvgIpc) is 2.70. The van der Waals surface area contributed by atoms with Gasteiger partial charge in [-0.05, 0) is 43.1 Å². The van der Waals surface area contributed by atoms with Gasteiger partial charge >= 0.3 is 5.97 Å². The van der Waals surface area contributed by atoms with Crippen molar-refractivity contribution >= 4 is 16.9 Å². The van der Waals surface area contributed by atoms with E-state index in [1.54, 1.807) is 6.20 Å². The first-order valence-electron chi connectivity index (χ1n) is 9.30. The summed E-state index contributed by atoms with van der Waals surface area (Å²) in [4.78, 5) is 17.9. The zero-order valence-electron chi connectivity index (χ0n) is 15.2. The molecular weight excluding hydrogens is 362 g/mol. The van der Waals surface area contributed by atoms with Gasteiger partial charge in [-0.25, -0.2) is 8.78 Å². The lowest BCUT2D eigenvalue weighted by atomic mass is 9.90. The highest BCUT2D eigenvalue weighted by Crippen LogP contribution is 2.37. The Labute approximate surface area is 161 Å². The fourth-order valence-electron chi connectivity index (χ4n) is 4.08. The van der Waals surface area contributed by atoms with Gasteiger partial charge in [-0.15, -0.1) is 0 Å². The van der Waals surface area contributed by atoms with Gasteiger partial charge in [-0.2, -0.15) is 0 Å². The molecule has 0 amide bonds. The predicted molar refractivity (Wildman–Crippen MR) is 102 cm³/mol. The summed E-state index contributed by atoms with van der Waals surface area (Å²) in [6.07, 6.45) is 2.98. The Morgan fingerprint density at radius 2 is 1.96 bits per heavy atom. The monoisotopic (exact) mass is 382 g/mol. The number of hydrogen-bond acceptors (Lipinski definition) is 3. The van der Waals surface area contributed by atoms with Crippen molar-refractivity contribution in [2.24, 2.45) is 5.92 Å². The Morgan fingerprint density at radius 1 is 1.14 bits per heavy atom. The van der Waals surface area contributed by atoms with Crippen LogP contribution in [0.15, 0.2) is 54.7 Å². The minimum absolute atomic E-state index is 0.313. The van der Waals surface area contributed by atoms with Gasteiger partial charge in [0.05, 0.1) is 17.5 Å². The fraction of sp³-hybridized carbons (Fsp3) is 0.273. The quantitative estimate of drug-likeness (QED) is 0.727. The third-order valence-electron chi connectivity index (χ3n) is 5.40. The molecule has 1 aliphatic heterocycles. The molecule has 3 aromatic rings. The van der Waals surface area contributed by atoms with Crippen LogP contribution in [0, 0.1) is 17.6 Å². The van der Waals surface area contributed by atoms with Gasteiger partial charge in [0, 0.05) is 29.8 Å². The van der Waals surface area contributed by atoms with Crippen molar-refractivity contribution in [1.29, 1.82) is 0 Å². The molecule has 28 heavy (non-hydrogen) atoms. The van der Waals surface area contributed by atoms with Gasteiger partial charge in [0.25, 0.3) is 0 Å². The van der Waals surface area contributed by atoms with Crippen molar-refractivity contribution in [3.05, 3.63) is 77.5 Å². The van der Waals surface area contributed by atoms with Crippen LogP contribution >= 0.6 is 0 Å². The Kier molecular flexibility index (Phi) is 5.05. The Hall–Kier alpha value is -2.86. The van der Waals surface area contributed by atoms with Crippen molar-refractivity contribution in [1.82, 2.24) is 9.88 Å². The molecule has 0 aliphatic carbocycles. The second kappa shape index (κ2) is 7.64. The molecular formula is C22H20F2N2O2. The normalized spacial score (nSPS) is 18.9. The molecule has 0 saturated carbocycles. The van der Waals surface area contributed by atoms with Gasteiger partial charge in [0.2, 0.25) is 0 Å². The van der Waals surface area contributed by atoms with Crippen LogP contribution in [-0.4, -0.2) is 34.0 Å². The van der Waals surface area contributed by atoms with E-state index in [0.29, 0.717) is 31.5 Å². The second-order valence-electron chi connectivity index (χ2n) is 7.16. The predicted octanol–water partition coefficient (Wildman–Crippen LogP) is 4.40. The molecule has 2 atom stereocenters. The molecule has 2 heterocycles. The van der Waals surface area contributed by atoms with Crippen LogP contribution in [0.4, 0.5) is 8.78 Å². The molecule has 4 nitrogen and oxygen atoms in total. The minimum atomic E-state index is -0.845. The van der Waals surface area contributed by atoms with Crippen molar-refractivity contribution < 1.29 is 18.7 Å². The van der Waals surface area contributed by atoms with Gasteiger partial charge < -0.3 is 5.11 Å². The molecule has 1 saturated heterocycles. The maximum absolute atomic E-state index is 14.8. The molecule has 0 bridgehead atoms. The number of aliphatic carboxylic acids is 1. The second-order valence-corrected chi connectivity index (χ2v) is 7.16. The summed E-state index contributed by atoms with van der Waals surface area (Å²) in [5.74, 6) is -2.62. The van der Waals surface area contributed by atoms with Gasteiger partial charge in [0.15, 0.2) is 0 Å². The summed E-state index contributed by atoms with van der Waals surface area (Å²) < 4.78 is 28.3. The molecule has 2 unspecified atom stereocenters. The number of carboxylic acid groups (broad SMARTS) is 1. The molecule has 2 aromatic carbocycles. The molecule has 1 aromatic heterocycles. The number of nitrogens with zero attached hydrogens (tertiary/aromatic N) is 2. The van der Waals surface area contributed by atoms with Crippen LogP contribution in [0.1, 0.15) is 30.0 Å². The first-order valence-corrected chi connectivity index (χ1v) is 9.30. The highest BCUT2D eigenvalue weighted by atomic mass is 19.1. The molecule has 144 valence electrons. The van der Waals surface area contributed by atoms with E-state index in [9.17, 15) is 18.7 Å². The summed E-state index contributed by atoms with van der Waals surface area (Å²) >= 11 is 0. The summed E-state index contributed by atoms with van der Waals surface area (Å²) in [5, 5.41) is 10.4. The van der Waals surface area contributed by atoms with E-state index in [1.165, 1.54) is 12.1 Å². The molecule has 1 N–H and O–H groups in total. The number of para-hydroxylation sites is 1. The van der Waals surface area contributed by atoms with Crippen LogP contribution in [-0.2, 0) is 4.79 Å². The zero-order chi connectivity index (χ0) is 19.7. The van der Waals surface area contributed by atoms with Crippen LogP contribution < -0.4 is 0 Å². The van der Waals surface area contributed by atoms with Crippen LogP contribution in [0.25, 0.3) is 10.9 Å². The lowest BCUT2D eigenvalue weighted by Crippen LogP contribution is -2.41. The third-order valence-corrected chi connectivity index (χ3v) is 5.40. The molecule has 1 fully saturated rings. The zero-order valence-corrected chi connectivity index (χ0v) is 15.2. The van der Waals surface area contributed by atoms with Crippen molar-refractivity contribution in [3.63, 3.8) is 0 Å². The maximum atomic E-state index is 14.8. The Balaban J connectivity index is 1.87. The molecule has 4 rings (SSSR count). The number of likely N-dealkylation sites (tertiary alicyclic amines) is 1. The van der Waals surface area contributed by atoms with E-state index < -0.39 is 29.6 Å². The molecule has 0 spiro atoms. The van der Waals surface area contributed by atoms with E-state index in [2.05, 4.69) is 4.98 Å². The average molecular weight is 382 g/mol. The van der Waals surface area contributed by atoms with Crippen LogP contribution in [0.5, 0.6) is 0 Å². The summed E-state index contributed by atoms with van der Waals surface area (Å²) in [6.45, 7) is 0.954. The van der Waals surface area contributed by atoms with E-state index in [-0.39, 0.29) is 0 Å². The van der Waals surface area contributed by atoms with Crippen molar-refractivity contribution in [3.8, 4) is 0 Å². The fourth-order valence-corrected chi connectivity index (χ4v) is 4.08. The maximum Gasteiger partial charge on any atom is 0.307 e. The topological polar surface area (TPSA) is 53.4 Å². The van der Waals surface area contributed by atoms with E-state index >= 15 is 0 Å². The summed E-state index contributed by atoms with van der Waals surface area (Å²) in [7, 11) is 0. The first kappa shape index (κ1) is 18.5. The number of piperidine rings is 1. The lowest BCUT2D eigenvalue weighted by molar-refractivity contribution is -0.143. The lowest BCUT2D eigenvalue weighted by Gasteiger charge is -2.38. The SMILES string of the molecule is O=C(O)C1CCCN(C(c2ccc(F)cc2F)c2ccnc3ccccc23)C1. The minimum Gasteiger partial charge on any atom is -0.481 e. The number of hydrogen-bond donors (Lipinski definition) is 1. The van der Waals surface area contributed by atoms with Gasteiger partial charge in [0.1, 0.15) is 11.6 Å². The van der Waals surface area contributed by atoms with E-state index in [0.717, 1.165) is 22.5 Å². The summed E-state index contributed by atoms with van der Waals surface area (Å²) in [5.41, 5.74) is 1.95. The largest absolute Gasteiger partial charge is 0.481 e. The number of pyridine rings is 1. The highest BCUT2D eigenvalue weighted by Gasteiger charge is 2.33. The number of carboxylic acids is 1. The number of rotatable bonds is 4. The molecule has 6 heteroatoms. The number of halogens is 2. The standard InChI is InChI=1S/C22H20F2N2O2/c23-15-7-8-18(19(24)12-15)21(26-11-3-4-14(13-26)22(27)28)17-9-10-25-20-6-2-1-5-16(17)20/h1-2,5-10,12,14,21H,3-4,11,13H2,(H,27,28). The van der Waals surface area contributed by atoms with E-state index in [4.69, 9.17) is 0 Å². The Bertz CT molecular complexity index is 1020. The number of fused-ring (bicyclic) bond motifs is 1. The van der Waals surface area contributed by atoms with Gasteiger partial charge in [-0.3, -0.25) is 14.7 Å². The summed E-state index contributed by atoms with van der Waals surface area (Å²) in [6, 6.07) is 12.5. The van der Waals surface area contributed by atoms with Crippen molar-refractivity contribution in [2.45, 2.75) is 18.9 Å². The smallest absolute Gasteiger partial charge is 0.307 e.